The molecule has 0 saturated carbocycles. The maximum atomic E-state index is 12.4. The minimum Gasteiger partial charge on any atom is -0.395 e. The summed E-state index contributed by atoms with van der Waals surface area (Å²) in [5, 5.41) is 21.4. The number of imidazole rings is 1. The SMILES string of the molecule is O=C(NCCN1CCCCC1CO)c1ccc2c(c1)ncn2CCO. The third kappa shape index (κ3) is 4.18. The zero-order chi connectivity index (χ0) is 17.6. The highest BCUT2D eigenvalue weighted by Gasteiger charge is 2.21. The van der Waals surface area contributed by atoms with Crippen molar-refractivity contribution in [3.8, 4) is 0 Å². The van der Waals surface area contributed by atoms with Crippen molar-refractivity contribution < 1.29 is 15.0 Å². The summed E-state index contributed by atoms with van der Waals surface area (Å²) in [6.45, 7) is 3.02. The number of hydrogen-bond donors (Lipinski definition) is 3. The zero-order valence-corrected chi connectivity index (χ0v) is 14.4. The fourth-order valence-electron chi connectivity index (χ4n) is 3.47. The first-order valence-electron chi connectivity index (χ1n) is 8.92. The summed E-state index contributed by atoms with van der Waals surface area (Å²) in [6.07, 6.45) is 5.01. The normalized spacial score (nSPS) is 18.6. The first kappa shape index (κ1) is 17.8. The van der Waals surface area contributed by atoms with E-state index in [9.17, 15) is 9.90 Å². The largest absolute Gasteiger partial charge is 0.395 e. The van der Waals surface area contributed by atoms with Crippen LogP contribution in [0, 0.1) is 0 Å². The van der Waals surface area contributed by atoms with Gasteiger partial charge in [0.2, 0.25) is 0 Å². The molecule has 0 aliphatic carbocycles. The van der Waals surface area contributed by atoms with Crippen molar-refractivity contribution >= 4 is 16.9 Å². The quantitative estimate of drug-likeness (QED) is 0.683. The van der Waals surface area contributed by atoms with Crippen molar-refractivity contribution in [3.05, 3.63) is 30.1 Å². The number of nitrogens with one attached hydrogen (secondary N) is 1. The van der Waals surface area contributed by atoms with E-state index in [-0.39, 0.29) is 25.2 Å². The number of rotatable bonds is 7. The Hall–Kier alpha value is -1.96. The second-order valence-corrected chi connectivity index (χ2v) is 6.49. The van der Waals surface area contributed by atoms with E-state index in [1.165, 1.54) is 0 Å². The van der Waals surface area contributed by atoms with Gasteiger partial charge in [-0.3, -0.25) is 9.69 Å². The molecule has 3 N–H and O–H groups in total. The molecule has 2 aromatic rings. The Morgan fingerprint density at radius 2 is 2.16 bits per heavy atom. The Morgan fingerprint density at radius 1 is 1.28 bits per heavy atom. The summed E-state index contributed by atoms with van der Waals surface area (Å²) in [5.41, 5.74) is 2.24. The Morgan fingerprint density at radius 3 is 2.96 bits per heavy atom. The van der Waals surface area contributed by atoms with Gasteiger partial charge < -0.3 is 20.1 Å². The van der Waals surface area contributed by atoms with E-state index in [4.69, 9.17) is 5.11 Å². The Balaban J connectivity index is 1.56. The van der Waals surface area contributed by atoms with E-state index in [1.807, 2.05) is 10.6 Å². The van der Waals surface area contributed by atoms with Crippen molar-refractivity contribution in [1.82, 2.24) is 19.8 Å². The van der Waals surface area contributed by atoms with Gasteiger partial charge in [0.25, 0.3) is 5.91 Å². The van der Waals surface area contributed by atoms with Crippen LogP contribution in [-0.4, -0.2) is 69.5 Å². The van der Waals surface area contributed by atoms with Gasteiger partial charge in [-0.05, 0) is 37.6 Å². The van der Waals surface area contributed by atoms with Crippen molar-refractivity contribution in [2.24, 2.45) is 0 Å². The number of benzene rings is 1. The van der Waals surface area contributed by atoms with Gasteiger partial charge in [0.15, 0.2) is 0 Å². The van der Waals surface area contributed by atoms with Crippen LogP contribution in [-0.2, 0) is 6.54 Å². The fraction of sp³-hybridized carbons (Fsp3) is 0.556. The number of carbonyl (C=O) groups excluding carboxylic acids is 1. The van der Waals surface area contributed by atoms with Crippen molar-refractivity contribution in [2.45, 2.75) is 31.8 Å². The van der Waals surface area contributed by atoms with Gasteiger partial charge in [-0.15, -0.1) is 0 Å². The second kappa shape index (κ2) is 8.42. The predicted molar refractivity (Wildman–Crippen MR) is 95.4 cm³/mol. The highest BCUT2D eigenvalue weighted by molar-refractivity contribution is 5.97. The predicted octanol–water partition coefficient (Wildman–Crippen LogP) is 0.605. The number of carbonyl (C=O) groups is 1. The molecule has 1 saturated heterocycles. The molecule has 25 heavy (non-hydrogen) atoms. The number of aliphatic hydroxyl groups is 2. The molecule has 1 atom stereocenters. The summed E-state index contributed by atoms with van der Waals surface area (Å²) in [7, 11) is 0. The number of nitrogens with zero attached hydrogens (tertiary/aromatic N) is 3. The minimum absolute atomic E-state index is 0.0546. The van der Waals surface area contributed by atoms with Gasteiger partial charge in [-0.1, -0.05) is 6.42 Å². The zero-order valence-electron chi connectivity index (χ0n) is 14.4. The summed E-state index contributed by atoms with van der Waals surface area (Å²) in [4.78, 5) is 18.9. The average molecular weight is 346 g/mol. The summed E-state index contributed by atoms with van der Waals surface area (Å²) in [6, 6.07) is 5.64. The van der Waals surface area contributed by atoms with Crippen LogP contribution in [0.5, 0.6) is 0 Å². The van der Waals surface area contributed by atoms with E-state index >= 15 is 0 Å². The summed E-state index contributed by atoms with van der Waals surface area (Å²) < 4.78 is 1.86. The molecule has 1 fully saturated rings. The molecule has 0 bridgehead atoms. The molecular weight excluding hydrogens is 320 g/mol. The number of likely N-dealkylation sites (tertiary alicyclic amines) is 1. The van der Waals surface area contributed by atoms with E-state index in [1.54, 1.807) is 18.5 Å². The van der Waals surface area contributed by atoms with Gasteiger partial charge in [0, 0.05) is 31.2 Å². The van der Waals surface area contributed by atoms with Crippen molar-refractivity contribution in [1.29, 1.82) is 0 Å². The molecule has 1 aromatic carbocycles. The first-order chi connectivity index (χ1) is 12.2. The third-order valence-corrected chi connectivity index (χ3v) is 4.87. The monoisotopic (exact) mass is 346 g/mol. The van der Waals surface area contributed by atoms with Crippen LogP contribution >= 0.6 is 0 Å². The smallest absolute Gasteiger partial charge is 0.251 e. The van der Waals surface area contributed by atoms with Gasteiger partial charge in [0.05, 0.1) is 30.6 Å². The number of aromatic nitrogens is 2. The van der Waals surface area contributed by atoms with Crippen LogP contribution in [0.15, 0.2) is 24.5 Å². The lowest BCUT2D eigenvalue weighted by Crippen LogP contribution is -2.45. The number of amides is 1. The van der Waals surface area contributed by atoms with Crippen LogP contribution in [0.3, 0.4) is 0 Å². The lowest BCUT2D eigenvalue weighted by atomic mass is 10.0. The van der Waals surface area contributed by atoms with Crippen LogP contribution < -0.4 is 5.32 Å². The summed E-state index contributed by atoms with van der Waals surface area (Å²) in [5.74, 6) is -0.115. The van der Waals surface area contributed by atoms with Gasteiger partial charge in [-0.25, -0.2) is 4.98 Å². The highest BCUT2D eigenvalue weighted by Crippen LogP contribution is 2.16. The van der Waals surface area contributed by atoms with Crippen molar-refractivity contribution in [2.75, 3.05) is 32.8 Å². The Kier molecular flexibility index (Phi) is 6.01. The number of hydrogen-bond acceptors (Lipinski definition) is 5. The molecule has 1 aliphatic heterocycles. The third-order valence-electron chi connectivity index (χ3n) is 4.87. The molecule has 136 valence electrons. The van der Waals surface area contributed by atoms with E-state index in [0.29, 0.717) is 18.7 Å². The summed E-state index contributed by atoms with van der Waals surface area (Å²) >= 11 is 0. The molecule has 0 radical (unpaired) electrons. The fourth-order valence-corrected chi connectivity index (χ4v) is 3.47. The number of fused-ring (bicyclic) bond motifs is 1. The molecule has 1 amide bonds. The van der Waals surface area contributed by atoms with Gasteiger partial charge in [0.1, 0.15) is 0 Å². The molecule has 1 aromatic heterocycles. The minimum atomic E-state index is -0.115. The van der Waals surface area contributed by atoms with Crippen LogP contribution in [0.25, 0.3) is 11.0 Å². The Labute approximate surface area is 147 Å². The van der Waals surface area contributed by atoms with E-state index < -0.39 is 0 Å². The van der Waals surface area contributed by atoms with Gasteiger partial charge in [-0.2, -0.15) is 0 Å². The lowest BCUT2D eigenvalue weighted by Gasteiger charge is -2.34. The number of aliphatic hydroxyl groups excluding tert-OH is 2. The van der Waals surface area contributed by atoms with Gasteiger partial charge >= 0.3 is 0 Å². The topological polar surface area (TPSA) is 90.6 Å². The molecule has 3 rings (SSSR count). The highest BCUT2D eigenvalue weighted by atomic mass is 16.3. The standard InChI is InChI=1S/C18H26N4O3/c23-10-9-22-13-20-16-11-14(4-5-17(16)22)18(25)19-6-8-21-7-2-1-3-15(21)12-24/h4-5,11,13,15,23-24H,1-3,6-10,12H2,(H,19,25). The van der Waals surface area contributed by atoms with Crippen LogP contribution in [0.2, 0.25) is 0 Å². The second-order valence-electron chi connectivity index (χ2n) is 6.49. The first-order valence-corrected chi connectivity index (χ1v) is 8.92. The molecule has 0 spiro atoms. The van der Waals surface area contributed by atoms with E-state index in [0.717, 1.165) is 43.4 Å². The van der Waals surface area contributed by atoms with Crippen LogP contribution in [0.1, 0.15) is 29.6 Å². The molecule has 7 heteroatoms. The maximum Gasteiger partial charge on any atom is 0.251 e. The molecule has 7 nitrogen and oxygen atoms in total. The maximum absolute atomic E-state index is 12.4. The lowest BCUT2D eigenvalue weighted by molar-refractivity contribution is 0.0849. The Bertz CT molecular complexity index is 715. The molecule has 2 heterocycles. The van der Waals surface area contributed by atoms with Crippen LogP contribution in [0.4, 0.5) is 0 Å². The van der Waals surface area contributed by atoms with Crippen molar-refractivity contribution in [3.63, 3.8) is 0 Å². The number of piperidine rings is 1. The molecular formula is C18H26N4O3. The molecule has 1 unspecified atom stereocenters. The van der Waals surface area contributed by atoms with E-state index in [2.05, 4.69) is 15.2 Å². The molecule has 1 aliphatic rings. The average Bonchev–Trinajstić information content (AvgIpc) is 3.04.